The Hall–Kier alpha value is -2.22. The van der Waals surface area contributed by atoms with Gasteiger partial charge in [0.05, 0.1) is 0 Å². The molecule has 0 radical (unpaired) electrons. The van der Waals surface area contributed by atoms with Crippen LogP contribution >= 0.6 is 0 Å². The van der Waals surface area contributed by atoms with Crippen molar-refractivity contribution in [2.24, 2.45) is 5.84 Å². The lowest BCUT2D eigenvalue weighted by Gasteiger charge is -2.08. The average molecular weight is 266 g/mol. The minimum atomic E-state index is -0.381. The van der Waals surface area contributed by atoms with Crippen LogP contribution in [0.25, 0.3) is 0 Å². The number of nitrogens with one attached hydrogen (secondary N) is 3. The molecule has 0 saturated carbocycles. The van der Waals surface area contributed by atoms with Crippen molar-refractivity contribution in [1.82, 2.24) is 20.8 Å². The predicted molar refractivity (Wildman–Crippen MR) is 70.1 cm³/mol. The summed E-state index contributed by atoms with van der Waals surface area (Å²) in [5.41, 5.74) is 2.48. The molecule has 1 rings (SSSR count). The van der Waals surface area contributed by atoms with Crippen LogP contribution in [0.3, 0.4) is 0 Å². The highest BCUT2D eigenvalue weighted by Gasteiger charge is 2.09. The lowest BCUT2D eigenvalue weighted by Crippen LogP contribution is -2.34. The molecule has 2 amide bonds. The fraction of sp³-hybridized carbons (Fsp3) is 0.455. The van der Waals surface area contributed by atoms with Crippen LogP contribution in [0.4, 0.5) is 5.82 Å². The average Bonchev–Trinajstić information content (AvgIpc) is 2.37. The summed E-state index contributed by atoms with van der Waals surface area (Å²) < 4.78 is 0. The molecule has 1 aromatic heterocycles. The van der Waals surface area contributed by atoms with Crippen LogP contribution in [0.2, 0.25) is 0 Å². The third-order valence-corrected chi connectivity index (χ3v) is 2.13. The zero-order valence-electron chi connectivity index (χ0n) is 10.9. The molecule has 0 aliphatic heterocycles. The predicted octanol–water partition coefficient (Wildman–Crippen LogP) is -0.593. The van der Waals surface area contributed by atoms with Crippen molar-refractivity contribution in [3.8, 4) is 0 Å². The van der Waals surface area contributed by atoms with Gasteiger partial charge in [0, 0.05) is 19.0 Å². The molecule has 0 aliphatic carbocycles. The van der Waals surface area contributed by atoms with Crippen molar-refractivity contribution in [3.63, 3.8) is 0 Å². The monoisotopic (exact) mass is 266 g/mol. The fourth-order valence-corrected chi connectivity index (χ4v) is 1.30. The van der Waals surface area contributed by atoms with Crippen molar-refractivity contribution >= 4 is 17.6 Å². The maximum atomic E-state index is 11.7. The standard InChI is InChI=1S/C11H18N6O2/c1-7(2)14-10(18)5-6-13-11(19)8-3-4-9(15-12)17-16-8/h3-4,7H,5-6,12H2,1-2H3,(H,13,19)(H,14,18)(H,15,17). The second-order valence-electron chi connectivity index (χ2n) is 4.18. The molecule has 8 nitrogen and oxygen atoms in total. The summed E-state index contributed by atoms with van der Waals surface area (Å²) >= 11 is 0. The molecule has 8 heteroatoms. The maximum absolute atomic E-state index is 11.7. The topological polar surface area (TPSA) is 122 Å². The molecule has 5 N–H and O–H groups in total. The Morgan fingerprint density at radius 3 is 2.58 bits per heavy atom. The SMILES string of the molecule is CC(C)NC(=O)CCNC(=O)c1ccc(NN)nn1. The Labute approximate surface area is 111 Å². The van der Waals surface area contributed by atoms with E-state index in [4.69, 9.17) is 5.84 Å². The van der Waals surface area contributed by atoms with Crippen molar-refractivity contribution in [1.29, 1.82) is 0 Å². The first kappa shape index (κ1) is 14.8. The summed E-state index contributed by atoms with van der Waals surface area (Å²) in [5, 5.41) is 12.7. The Kier molecular flexibility index (Phi) is 5.68. The summed E-state index contributed by atoms with van der Waals surface area (Å²) in [5.74, 6) is 5.01. The van der Waals surface area contributed by atoms with Crippen LogP contribution in [0.15, 0.2) is 12.1 Å². The molecule has 104 valence electrons. The van der Waals surface area contributed by atoms with Gasteiger partial charge in [0.15, 0.2) is 11.5 Å². The van der Waals surface area contributed by atoms with Crippen LogP contribution in [0, 0.1) is 0 Å². The fourth-order valence-electron chi connectivity index (χ4n) is 1.30. The van der Waals surface area contributed by atoms with E-state index in [9.17, 15) is 9.59 Å². The van der Waals surface area contributed by atoms with E-state index in [1.807, 2.05) is 13.8 Å². The maximum Gasteiger partial charge on any atom is 0.271 e. The number of carbonyl (C=O) groups is 2. The number of nitrogens with two attached hydrogens (primary N) is 1. The molecule has 0 bridgehead atoms. The number of nitrogens with zero attached hydrogens (tertiary/aromatic N) is 2. The van der Waals surface area contributed by atoms with Crippen molar-refractivity contribution in [3.05, 3.63) is 17.8 Å². The van der Waals surface area contributed by atoms with Crippen LogP contribution in [0.1, 0.15) is 30.8 Å². The molecule has 19 heavy (non-hydrogen) atoms. The van der Waals surface area contributed by atoms with Gasteiger partial charge in [-0.25, -0.2) is 5.84 Å². The summed E-state index contributed by atoms with van der Waals surface area (Å²) in [4.78, 5) is 23.0. The third-order valence-electron chi connectivity index (χ3n) is 2.13. The minimum Gasteiger partial charge on any atom is -0.354 e. The number of aromatic nitrogens is 2. The molecular formula is C11H18N6O2. The third kappa shape index (κ3) is 5.30. The van der Waals surface area contributed by atoms with Crippen LogP contribution in [-0.2, 0) is 4.79 Å². The van der Waals surface area contributed by atoms with Gasteiger partial charge < -0.3 is 16.1 Å². The smallest absolute Gasteiger partial charge is 0.271 e. The Morgan fingerprint density at radius 1 is 1.32 bits per heavy atom. The van der Waals surface area contributed by atoms with E-state index in [1.165, 1.54) is 12.1 Å². The first-order chi connectivity index (χ1) is 9.02. The Bertz CT molecular complexity index is 431. The Balaban J connectivity index is 2.36. The lowest BCUT2D eigenvalue weighted by atomic mass is 10.3. The van der Waals surface area contributed by atoms with Gasteiger partial charge in [-0.2, -0.15) is 0 Å². The van der Waals surface area contributed by atoms with Gasteiger partial charge in [-0.1, -0.05) is 0 Å². The zero-order valence-corrected chi connectivity index (χ0v) is 10.9. The van der Waals surface area contributed by atoms with Crippen LogP contribution in [0.5, 0.6) is 0 Å². The number of anilines is 1. The van der Waals surface area contributed by atoms with E-state index in [0.717, 1.165) is 0 Å². The largest absolute Gasteiger partial charge is 0.354 e. The highest BCUT2D eigenvalue weighted by atomic mass is 16.2. The molecule has 1 heterocycles. The van der Waals surface area contributed by atoms with E-state index >= 15 is 0 Å². The molecule has 1 aromatic rings. The van der Waals surface area contributed by atoms with Gasteiger partial charge in [-0.3, -0.25) is 9.59 Å². The second kappa shape index (κ2) is 7.27. The van der Waals surface area contributed by atoms with Crippen molar-refractivity contribution < 1.29 is 9.59 Å². The minimum absolute atomic E-state index is 0.0883. The first-order valence-corrected chi connectivity index (χ1v) is 5.91. The molecule has 0 unspecified atom stereocenters. The number of amides is 2. The number of hydrazine groups is 1. The number of nitrogen functional groups attached to an aromatic ring is 1. The quantitative estimate of drug-likeness (QED) is 0.403. The van der Waals surface area contributed by atoms with Crippen molar-refractivity contribution in [2.75, 3.05) is 12.0 Å². The van der Waals surface area contributed by atoms with Gasteiger partial charge in [0.1, 0.15) is 0 Å². The molecule has 0 atom stereocenters. The van der Waals surface area contributed by atoms with Gasteiger partial charge in [0.25, 0.3) is 5.91 Å². The molecular weight excluding hydrogens is 248 g/mol. The summed E-state index contributed by atoms with van der Waals surface area (Å²) in [7, 11) is 0. The highest BCUT2D eigenvalue weighted by molar-refractivity contribution is 5.92. The Morgan fingerprint density at radius 2 is 2.05 bits per heavy atom. The number of rotatable bonds is 6. The normalized spacial score (nSPS) is 10.1. The molecule has 0 aromatic carbocycles. The number of hydrogen-bond acceptors (Lipinski definition) is 6. The highest BCUT2D eigenvalue weighted by Crippen LogP contribution is 1.99. The number of hydrogen-bond donors (Lipinski definition) is 4. The molecule has 0 aliphatic rings. The van der Waals surface area contributed by atoms with E-state index in [-0.39, 0.29) is 36.5 Å². The van der Waals surface area contributed by atoms with E-state index in [0.29, 0.717) is 5.82 Å². The molecule has 0 fully saturated rings. The zero-order chi connectivity index (χ0) is 14.3. The summed E-state index contributed by atoms with van der Waals surface area (Å²) in [6.45, 7) is 3.99. The van der Waals surface area contributed by atoms with Crippen LogP contribution in [-0.4, -0.2) is 34.6 Å². The van der Waals surface area contributed by atoms with E-state index in [1.54, 1.807) is 0 Å². The molecule has 0 spiro atoms. The van der Waals surface area contributed by atoms with Gasteiger partial charge in [-0.05, 0) is 26.0 Å². The van der Waals surface area contributed by atoms with Crippen molar-refractivity contribution in [2.45, 2.75) is 26.3 Å². The molecule has 0 saturated heterocycles. The summed E-state index contributed by atoms with van der Waals surface area (Å²) in [6, 6.07) is 3.12. The van der Waals surface area contributed by atoms with Gasteiger partial charge >= 0.3 is 0 Å². The van der Waals surface area contributed by atoms with E-state index < -0.39 is 0 Å². The second-order valence-corrected chi connectivity index (χ2v) is 4.18. The number of carbonyl (C=O) groups excluding carboxylic acids is 2. The van der Waals surface area contributed by atoms with Gasteiger partial charge in [-0.15, -0.1) is 10.2 Å². The van der Waals surface area contributed by atoms with Gasteiger partial charge in [0.2, 0.25) is 5.91 Å². The van der Waals surface area contributed by atoms with Crippen LogP contribution < -0.4 is 21.9 Å². The summed E-state index contributed by atoms with van der Waals surface area (Å²) in [6.07, 6.45) is 0.222. The lowest BCUT2D eigenvalue weighted by molar-refractivity contribution is -0.121. The van der Waals surface area contributed by atoms with E-state index in [2.05, 4.69) is 26.3 Å². The first-order valence-electron chi connectivity index (χ1n) is 5.91.